The number of alkyl halides is 3. The molecular formula is C23H27F3N4O2S. The zero-order valence-corrected chi connectivity index (χ0v) is 19.0. The Labute approximate surface area is 190 Å². The van der Waals surface area contributed by atoms with Gasteiger partial charge in [-0.1, -0.05) is 0 Å². The first kappa shape index (κ1) is 22.6. The summed E-state index contributed by atoms with van der Waals surface area (Å²) in [4.78, 5) is 12.3. The second-order valence-corrected chi connectivity index (χ2v) is 11.4. The third kappa shape index (κ3) is 4.47. The first-order chi connectivity index (χ1) is 15.7. The van der Waals surface area contributed by atoms with Gasteiger partial charge in [-0.3, -0.25) is 4.98 Å². The molecule has 1 N–H and O–H groups in total. The number of rotatable bonds is 4. The first-order valence-corrected chi connectivity index (χ1v) is 13.1. The Hall–Kier alpha value is -2.20. The molecule has 0 amide bonds. The third-order valence-corrected chi connectivity index (χ3v) is 9.27. The summed E-state index contributed by atoms with van der Waals surface area (Å²) in [6, 6.07) is 3.95. The van der Waals surface area contributed by atoms with E-state index in [0.29, 0.717) is 0 Å². The van der Waals surface area contributed by atoms with E-state index in [2.05, 4.69) is 15.0 Å². The SMILES string of the molecule is O=S(=O)(CC1CCC(c2nccc3cnc4[nH]ccc4c23)CC1)N1CCCC(C(F)(F)F)C1. The highest BCUT2D eigenvalue weighted by Crippen LogP contribution is 2.40. The van der Waals surface area contributed by atoms with Crippen LogP contribution in [0.4, 0.5) is 13.2 Å². The van der Waals surface area contributed by atoms with Gasteiger partial charge in [0.25, 0.3) is 0 Å². The molecule has 6 nitrogen and oxygen atoms in total. The van der Waals surface area contributed by atoms with Gasteiger partial charge in [-0.15, -0.1) is 0 Å². The van der Waals surface area contributed by atoms with Crippen LogP contribution >= 0.6 is 0 Å². The third-order valence-electron chi connectivity index (χ3n) is 7.26. The van der Waals surface area contributed by atoms with Gasteiger partial charge in [0.1, 0.15) is 5.65 Å². The van der Waals surface area contributed by atoms with Crippen LogP contribution in [0.5, 0.6) is 0 Å². The number of sulfonamides is 1. The number of halogens is 3. The Bertz CT molecular complexity index is 1250. The minimum Gasteiger partial charge on any atom is -0.346 e. The van der Waals surface area contributed by atoms with Crippen LogP contribution in [0.15, 0.2) is 30.7 Å². The topological polar surface area (TPSA) is 79.0 Å². The zero-order chi connectivity index (χ0) is 23.2. The quantitative estimate of drug-likeness (QED) is 0.571. The maximum Gasteiger partial charge on any atom is 0.393 e. The molecule has 178 valence electrons. The largest absolute Gasteiger partial charge is 0.393 e. The number of piperidine rings is 1. The highest BCUT2D eigenvalue weighted by atomic mass is 32.2. The van der Waals surface area contributed by atoms with Crippen molar-refractivity contribution in [3.63, 3.8) is 0 Å². The number of hydrogen-bond donors (Lipinski definition) is 1. The molecule has 5 rings (SSSR count). The van der Waals surface area contributed by atoms with Gasteiger partial charge in [-0.25, -0.2) is 17.7 Å². The van der Waals surface area contributed by atoms with Crippen LogP contribution in [0, 0.1) is 11.8 Å². The number of nitrogens with one attached hydrogen (secondary N) is 1. The zero-order valence-electron chi connectivity index (χ0n) is 18.2. The van der Waals surface area contributed by atoms with Crippen LogP contribution in [0.25, 0.3) is 21.8 Å². The highest BCUT2D eigenvalue weighted by molar-refractivity contribution is 7.89. The molecular weight excluding hydrogens is 453 g/mol. The van der Waals surface area contributed by atoms with Gasteiger partial charge < -0.3 is 4.98 Å². The van der Waals surface area contributed by atoms with E-state index >= 15 is 0 Å². The van der Waals surface area contributed by atoms with Crippen molar-refractivity contribution >= 4 is 31.8 Å². The second kappa shape index (κ2) is 8.54. The molecule has 0 aromatic carbocycles. The van der Waals surface area contributed by atoms with Crippen LogP contribution < -0.4 is 0 Å². The predicted molar refractivity (Wildman–Crippen MR) is 120 cm³/mol. The van der Waals surface area contributed by atoms with Gasteiger partial charge in [0.15, 0.2) is 0 Å². The van der Waals surface area contributed by atoms with Gasteiger partial charge in [0.05, 0.1) is 17.4 Å². The lowest BCUT2D eigenvalue weighted by Gasteiger charge is -2.35. The molecule has 0 bridgehead atoms. The highest BCUT2D eigenvalue weighted by Gasteiger charge is 2.44. The number of aromatic nitrogens is 3. The Balaban J connectivity index is 1.28. The molecule has 1 aliphatic carbocycles. The van der Waals surface area contributed by atoms with Crippen LogP contribution in [0.1, 0.15) is 50.1 Å². The number of aromatic amines is 1. The number of nitrogens with zero attached hydrogens (tertiary/aromatic N) is 3. The van der Waals surface area contributed by atoms with Crippen molar-refractivity contribution < 1.29 is 21.6 Å². The molecule has 3 aromatic rings. The van der Waals surface area contributed by atoms with Gasteiger partial charge >= 0.3 is 6.18 Å². The fraction of sp³-hybridized carbons (Fsp3) is 0.565. The van der Waals surface area contributed by atoms with Crippen LogP contribution in [-0.4, -0.2) is 52.7 Å². The lowest BCUT2D eigenvalue weighted by molar-refractivity contribution is -0.182. The van der Waals surface area contributed by atoms with Gasteiger partial charge in [-0.05, 0) is 56.6 Å². The van der Waals surface area contributed by atoms with Crippen LogP contribution in [0.2, 0.25) is 0 Å². The number of fused-ring (bicyclic) bond motifs is 3. The van der Waals surface area contributed by atoms with Crippen LogP contribution in [0.3, 0.4) is 0 Å². The van der Waals surface area contributed by atoms with E-state index in [0.717, 1.165) is 57.5 Å². The summed E-state index contributed by atoms with van der Waals surface area (Å²) in [7, 11) is -3.71. The molecule has 0 spiro atoms. The average molecular weight is 481 g/mol. The molecule has 1 saturated heterocycles. The Kier molecular flexibility index (Phi) is 5.84. The lowest BCUT2D eigenvalue weighted by atomic mass is 9.80. The molecule has 1 unspecified atom stereocenters. The fourth-order valence-electron chi connectivity index (χ4n) is 5.48. The van der Waals surface area contributed by atoms with E-state index in [4.69, 9.17) is 0 Å². The minimum atomic E-state index is -4.35. The molecule has 33 heavy (non-hydrogen) atoms. The molecule has 4 heterocycles. The maximum atomic E-state index is 13.1. The molecule has 2 aliphatic rings. The molecule has 2 fully saturated rings. The number of hydrogen-bond acceptors (Lipinski definition) is 4. The second-order valence-electron chi connectivity index (χ2n) is 9.39. The monoisotopic (exact) mass is 480 g/mol. The minimum absolute atomic E-state index is 0.00257. The molecule has 1 atom stereocenters. The summed E-state index contributed by atoms with van der Waals surface area (Å²) in [6.45, 7) is -0.257. The summed E-state index contributed by atoms with van der Waals surface area (Å²) in [5, 5.41) is 3.15. The predicted octanol–water partition coefficient (Wildman–Crippen LogP) is 4.99. The van der Waals surface area contributed by atoms with Crippen LogP contribution in [-0.2, 0) is 10.0 Å². The molecule has 3 aromatic heterocycles. The molecule has 0 radical (unpaired) electrons. The standard InChI is InChI=1S/C23H27F3N4O2S/c24-23(25,26)18-2-1-11-30(13-18)33(31,32)14-15-3-5-16(6-4-15)21-20-17(7-9-27-21)12-29-22-19(20)8-10-28-22/h7-10,12,15-16,18H,1-6,11,13-14H2,(H,28,29). The van der Waals surface area contributed by atoms with Crippen molar-refractivity contribution in [2.24, 2.45) is 11.8 Å². The lowest BCUT2D eigenvalue weighted by Crippen LogP contribution is -2.46. The van der Waals surface area contributed by atoms with E-state index in [1.54, 1.807) is 6.20 Å². The normalized spacial score (nSPS) is 25.6. The van der Waals surface area contributed by atoms with Crippen molar-refractivity contribution in [3.8, 4) is 0 Å². The smallest absolute Gasteiger partial charge is 0.346 e. The summed E-state index contributed by atoms with van der Waals surface area (Å²) in [5.74, 6) is -1.45. The maximum absolute atomic E-state index is 13.1. The van der Waals surface area contributed by atoms with E-state index in [9.17, 15) is 21.6 Å². The summed E-state index contributed by atoms with van der Waals surface area (Å²) in [5.41, 5.74) is 1.83. The van der Waals surface area contributed by atoms with Gasteiger partial charge in [0.2, 0.25) is 10.0 Å². The Morgan fingerprint density at radius 3 is 2.64 bits per heavy atom. The summed E-state index contributed by atoms with van der Waals surface area (Å²) >= 11 is 0. The van der Waals surface area contributed by atoms with Crippen molar-refractivity contribution in [3.05, 3.63) is 36.4 Å². The van der Waals surface area contributed by atoms with Crippen molar-refractivity contribution in [1.82, 2.24) is 19.3 Å². The fourth-order valence-corrected chi connectivity index (χ4v) is 7.43. The summed E-state index contributed by atoms with van der Waals surface area (Å²) < 4.78 is 66.2. The molecule has 1 saturated carbocycles. The van der Waals surface area contributed by atoms with E-state index in [1.807, 2.05) is 24.5 Å². The van der Waals surface area contributed by atoms with Crippen molar-refractivity contribution in [1.29, 1.82) is 0 Å². The van der Waals surface area contributed by atoms with E-state index in [1.165, 1.54) is 0 Å². The molecule has 1 aliphatic heterocycles. The Morgan fingerprint density at radius 1 is 1.09 bits per heavy atom. The molecule has 10 heteroatoms. The summed E-state index contributed by atoms with van der Waals surface area (Å²) in [6.07, 6.45) is 4.47. The number of H-pyrrole nitrogens is 1. The van der Waals surface area contributed by atoms with Gasteiger partial charge in [-0.2, -0.15) is 13.2 Å². The Morgan fingerprint density at radius 2 is 1.88 bits per heavy atom. The van der Waals surface area contributed by atoms with Crippen molar-refractivity contribution in [2.75, 3.05) is 18.8 Å². The van der Waals surface area contributed by atoms with Crippen molar-refractivity contribution in [2.45, 2.75) is 50.6 Å². The van der Waals surface area contributed by atoms with E-state index in [-0.39, 0.29) is 37.0 Å². The number of pyridine rings is 2. The first-order valence-electron chi connectivity index (χ1n) is 11.5. The van der Waals surface area contributed by atoms with E-state index < -0.39 is 28.7 Å². The van der Waals surface area contributed by atoms with Gasteiger partial charge in [0, 0.05) is 53.8 Å². The average Bonchev–Trinajstić information content (AvgIpc) is 3.28.